The van der Waals surface area contributed by atoms with E-state index in [0.29, 0.717) is 12.8 Å². The number of likely N-dealkylation sites (tertiary alicyclic amines) is 1. The molecular weight excluding hydrogens is 578 g/mol. The number of amides is 4. The van der Waals surface area contributed by atoms with E-state index in [9.17, 15) is 29.1 Å². The van der Waals surface area contributed by atoms with Crippen LogP contribution in [0.5, 0.6) is 0 Å². The van der Waals surface area contributed by atoms with E-state index in [1.54, 1.807) is 6.20 Å². The van der Waals surface area contributed by atoms with Crippen LogP contribution in [0, 0.1) is 0 Å². The molecule has 4 unspecified atom stereocenters. The lowest BCUT2D eigenvalue weighted by Crippen LogP contribution is -2.57. The fourth-order valence-corrected chi connectivity index (χ4v) is 5.94. The molecular formula is C32H37N7O6. The van der Waals surface area contributed by atoms with Crippen molar-refractivity contribution in [2.24, 2.45) is 11.5 Å². The Kier molecular flexibility index (Phi) is 9.48. The molecule has 1 aliphatic rings. The van der Waals surface area contributed by atoms with Crippen LogP contribution in [0.4, 0.5) is 0 Å². The molecule has 1 aliphatic heterocycles. The quantitative estimate of drug-likeness (QED) is 0.116. The number of aromatic nitrogens is 2. The molecule has 0 radical (unpaired) electrons. The van der Waals surface area contributed by atoms with Gasteiger partial charge in [-0.1, -0.05) is 36.4 Å². The second-order valence-electron chi connectivity index (χ2n) is 11.4. The van der Waals surface area contributed by atoms with Crippen LogP contribution in [0.3, 0.4) is 0 Å². The van der Waals surface area contributed by atoms with Crippen LogP contribution in [-0.4, -0.2) is 80.3 Å². The van der Waals surface area contributed by atoms with Crippen molar-refractivity contribution in [2.45, 2.75) is 62.7 Å². The molecule has 3 heterocycles. The van der Waals surface area contributed by atoms with Gasteiger partial charge in [0.25, 0.3) is 0 Å². The molecule has 1 saturated heterocycles. The van der Waals surface area contributed by atoms with Gasteiger partial charge in [0.2, 0.25) is 23.6 Å². The molecule has 1 fully saturated rings. The van der Waals surface area contributed by atoms with Gasteiger partial charge in [-0.25, -0.2) is 4.79 Å². The third-order valence-electron chi connectivity index (χ3n) is 8.30. The summed E-state index contributed by atoms with van der Waals surface area (Å²) in [5.41, 5.74) is 15.0. The Morgan fingerprint density at radius 2 is 1.49 bits per heavy atom. The summed E-state index contributed by atoms with van der Waals surface area (Å²) in [7, 11) is 0. The summed E-state index contributed by atoms with van der Waals surface area (Å²) in [6.07, 6.45) is 4.40. The highest BCUT2D eigenvalue weighted by atomic mass is 16.4. The first kappa shape index (κ1) is 31.3. The van der Waals surface area contributed by atoms with E-state index < -0.39 is 53.8 Å². The lowest BCUT2D eigenvalue weighted by molar-refractivity contribution is -0.145. The van der Waals surface area contributed by atoms with Crippen molar-refractivity contribution < 1.29 is 29.1 Å². The summed E-state index contributed by atoms with van der Waals surface area (Å²) in [6, 6.07) is 11.0. The molecule has 4 aromatic rings. The average Bonchev–Trinajstić information content (AvgIpc) is 3.77. The molecule has 4 amide bonds. The van der Waals surface area contributed by atoms with Crippen molar-refractivity contribution in [2.75, 3.05) is 6.54 Å². The lowest BCUT2D eigenvalue weighted by Gasteiger charge is -2.30. The van der Waals surface area contributed by atoms with E-state index in [4.69, 9.17) is 11.5 Å². The first-order valence-corrected chi connectivity index (χ1v) is 14.9. The second kappa shape index (κ2) is 13.6. The predicted octanol–water partition coefficient (Wildman–Crippen LogP) is 1.07. The van der Waals surface area contributed by atoms with E-state index in [2.05, 4.69) is 20.6 Å². The van der Waals surface area contributed by atoms with Gasteiger partial charge in [0, 0.05) is 53.6 Å². The SMILES string of the molecule is NC(=O)CCC(NC(=O)C1CCCN1C(=O)C(Cc1c[nH]c2ccccc12)NC(=O)C(N)Cc1c[nH]c2ccccc12)C(=O)O. The van der Waals surface area contributed by atoms with Gasteiger partial charge in [-0.3, -0.25) is 19.2 Å². The Hall–Kier alpha value is -5.17. The smallest absolute Gasteiger partial charge is 0.326 e. The van der Waals surface area contributed by atoms with Gasteiger partial charge < -0.3 is 42.1 Å². The Balaban J connectivity index is 1.35. The molecule has 13 heteroatoms. The number of hydrogen-bond acceptors (Lipinski definition) is 6. The van der Waals surface area contributed by atoms with Crippen molar-refractivity contribution in [3.63, 3.8) is 0 Å². The summed E-state index contributed by atoms with van der Waals surface area (Å²) in [4.78, 5) is 71.5. The number of hydrogen-bond donors (Lipinski definition) is 7. The predicted molar refractivity (Wildman–Crippen MR) is 167 cm³/mol. The number of benzene rings is 2. The Bertz CT molecular complexity index is 1730. The number of carbonyl (C=O) groups is 5. The van der Waals surface area contributed by atoms with E-state index >= 15 is 0 Å². The van der Waals surface area contributed by atoms with E-state index in [1.807, 2.05) is 54.7 Å². The molecule has 4 atom stereocenters. The fourth-order valence-electron chi connectivity index (χ4n) is 5.94. The van der Waals surface area contributed by atoms with Crippen LogP contribution in [0.15, 0.2) is 60.9 Å². The molecule has 0 bridgehead atoms. The zero-order chi connectivity index (χ0) is 32.1. The van der Waals surface area contributed by atoms with Crippen LogP contribution in [0.25, 0.3) is 21.8 Å². The minimum Gasteiger partial charge on any atom is -0.480 e. The zero-order valence-corrected chi connectivity index (χ0v) is 24.6. The number of carboxylic acid groups (broad SMARTS) is 1. The fraction of sp³-hybridized carbons (Fsp3) is 0.344. The minimum absolute atomic E-state index is 0.135. The highest BCUT2D eigenvalue weighted by molar-refractivity contribution is 5.95. The molecule has 45 heavy (non-hydrogen) atoms. The Morgan fingerprint density at radius 1 is 0.889 bits per heavy atom. The van der Waals surface area contributed by atoms with Crippen LogP contribution in [0.2, 0.25) is 0 Å². The van der Waals surface area contributed by atoms with Crippen LogP contribution >= 0.6 is 0 Å². The average molecular weight is 616 g/mol. The number of primary amides is 1. The third-order valence-corrected chi connectivity index (χ3v) is 8.30. The van der Waals surface area contributed by atoms with E-state index in [0.717, 1.165) is 32.9 Å². The first-order valence-electron chi connectivity index (χ1n) is 14.9. The van der Waals surface area contributed by atoms with Gasteiger partial charge in [-0.2, -0.15) is 0 Å². The molecule has 0 saturated carbocycles. The van der Waals surface area contributed by atoms with Crippen molar-refractivity contribution in [1.82, 2.24) is 25.5 Å². The summed E-state index contributed by atoms with van der Waals surface area (Å²) in [5, 5.41) is 16.7. The van der Waals surface area contributed by atoms with Gasteiger partial charge in [-0.15, -0.1) is 0 Å². The van der Waals surface area contributed by atoms with Gasteiger partial charge in [0.15, 0.2) is 0 Å². The molecule has 0 spiro atoms. The second-order valence-corrected chi connectivity index (χ2v) is 11.4. The van der Waals surface area contributed by atoms with Crippen LogP contribution in [-0.2, 0) is 36.8 Å². The molecule has 2 aromatic heterocycles. The first-order chi connectivity index (χ1) is 21.6. The summed E-state index contributed by atoms with van der Waals surface area (Å²) >= 11 is 0. The number of rotatable bonds is 13. The van der Waals surface area contributed by atoms with Gasteiger partial charge >= 0.3 is 5.97 Å². The molecule has 2 aromatic carbocycles. The number of fused-ring (bicyclic) bond motifs is 2. The molecule has 13 nitrogen and oxygen atoms in total. The largest absolute Gasteiger partial charge is 0.480 e. The summed E-state index contributed by atoms with van der Waals surface area (Å²) in [5.74, 6) is -3.64. The van der Waals surface area contributed by atoms with Gasteiger partial charge in [0.1, 0.15) is 18.1 Å². The van der Waals surface area contributed by atoms with Crippen LogP contribution in [0.1, 0.15) is 36.8 Å². The number of para-hydroxylation sites is 2. The van der Waals surface area contributed by atoms with Crippen molar-refractivity contribution in [3.8, 4) is 0 Å². The topological polar surface area (TPSA) is 216 Å². The lowest BCUT2D eigenvalue weighted by atomic mass is 10.0. The van der Waals surface area contributed by atoms with Crippen molar-refractivity contribution >= 4 is 51.4 Å². The van der Waals surface area contributed by atoms with Crippen molar-refractivity contribution in [3.05, 3.63) is 72.1 Å². The number of nitrogens with zero attached hydrogens (tertiary/aromatic N) is 1. The maximum atomic E-state index is 14.1. The number of nitrogens with two attached hydrogens (primary N) is 2. The zero-order valence-electron chi connectivity index (χ0n) is 24.6. The van der Waals surface area contributed by atoms with Crippen LogP contribution < -0.4 is 22.1 Å². The standard InChI is InChI=1S/C32H37N7O6/c33-22(14-18-16-35-23-8-3-1-6-20(18)23)29(41)38-26(15-19-17-36-24-9-4-2-7-21(19)24)31(43)39-13-5-10-27(39)30(42)37-25(32(44)45)11-12-28(34)40/h1-4,6-9,16-17,22,25-27,35-36H,5,10-15,33H2,(H2,34,40)(H,37,42)(H,38,41)(H,44,45). The number of aliphatic carboxylic acids is 1. The number of nitrogens with one attached hydrogen (secondary N) is 4. The maximum Gasteiger partial charge on any atom is 0.326 e. The van der Waals surface area contributed by atoms with E-state index in [1.165, 1.54) is 4.90 Å². The molecule has 9 N–H and O–H groups in total. The number of carboxylic acids is 1. The normalized spacial score (nSPS) is 16.7. The van der Waals surface area contributed by atoms with Gasteiger partial charge in [-0.05, 0) is 48.9 Å². The summed E-state index contributed by atoms with van der Waals surface area (Å²) < 4.78 is 0. The highest BCUT2D eigenvalue weighted by Gasteiger charge is 2.39. The number of carbonyl (C=O) groups excluding carboxylic acids is 4. The summed E-state index contributed by atoms with van der Waals surface area (Å²) in [6.45, 7) is 0.248. The van der Waals surface area contributed by atoms with Gasteiger partial charge in [0.05, 0.1) is 6.04 Å². The molecule has 236 valence electrons. The maximum absolute atomic E-state index is 14.1. The molecule has 0 aliphatic carbocycles. The Morgan fingerprint density at radius 3 is 2.09 bits per heavy atom. The third kappa shape index (κ3) is 7.15. The monoisotopic (exact) mass is 615 g/mol. The minimum atomic E-state index is -1.34. The number of aromatic amines is 2. The van der Waals surface area contributed by atoms with E-state index in [-0.39, 0.29) is 32.2 Å². The Labute approximate surface area is 258 Å². The molecule has 5 rings (SSSR count). The highest BCUT2D eigenvalue weighted by Crippen LogP contribution is 2.24. The number of H-pyrrole nitrogens is 2. The van der Waals surface area contributed by atoms with Crippen molar-refractivity contribution in [1.29, 1.82) is 0 Å².